The van der Waals surface area contributed by atoms with E-state index in [-0.39, 0.29) is 29.6 Å². The van der Waals surface area contributed by atoms with Crippen LogP contribution in [0.3, 0.4) is 0 Å². The van der Waals surface area contributed by atoms with Crippen molar-refractivity contribution in [2.75, 3.05) is 0 Å². The Balaban J connectivity index is 1.71. The standard InChI is InChI=1S/C16H14Cl2N4O3/c1-9-15(18)19-8-22(16(9)24)7-14-20-13(21-25-14)6-12(23)10-2-4-11(17)5-3-10/h2-5,8,12,23H,6-7H2,1H3/t12-/m0/s1. The fourth-order valence-corrected chi connectivity index (χ4v) is 2.50. The lowest BCUT2D eigenvalue weighted by atomic mass is 10.1. The Bertz CT molecular complexity index is 937. The first-order valence-electron chi connectivity index (χ1n) is 7.40. The van der Waals surface area contributed by atoms with Crippen molar-refractivity contribution in [2.24, 2.45) is 0 Å². The van der Waals surface area contributed by atoms with Gasteiger partial charge in [0, 0.05) is 11.4 Å². The van der Waals surface area contributed by atoms with Crippen LogP contribution in [0.2, 0.25) is 10.2 Å². The number of aliphatic hydroxyl groups excluding tert-OH is 1. The summed E-state index contributed by atoms with van der Waals surface area (Å²) < 4.78 is 6.46. The van der Waals surface area contributed by atoms with Gasteiger partial charge >= 0.3 is 0 Å². The first-order chi connectivity index (χ1) is 11.9. The molecule has 0 unspecified atom stereocenters. The van der Waals surface area contributed by atoms with Crippen molar-refractivity contribution < 1.29 is 9.63 Å². The highest BCUT2D eigenvalue weighted by atomic mass is 35.5. The monoisotopic (exact) mass is 380 g/mol. The summed E-state index contributed by atoms with van der Waals surface area (Å²) >= 11 is 11.6. The molecular formula is C16H14Cl2N4O3. The predicted octanol–water partition coefficient (Wildman–Crippen LogP) is 2.57. The number of hydrogen-bond donors (Lipinski definition) is 1. The van der Waals surface area contributed by atoms with Gasteiger partial charge in [0.2, 0.25) is 5.89 Å². The lowest BCUT2D eigenvalue weighted by molar-refractivity contribution is 0.174. The quantitative estimate of drug-likeness (QED) is 0.683. The molecule has 0 aliphatic heterocycles. The van der Waals surface area contributed by atoms with Crippen molar-refractivity contribution in [1.82, 2.24) is 19.7 Å². The van der Waals surface area contributed by atoms with Crippen LogP contribution in [0, 0.1) is 6.92 Å². The zero-order valence-electron chi connectivity index (χ0n) is 13.2. The van der Waals surface area contributed by atoms with E-state index < -0.39 is 6.10 Å². The van der Waals surface area contributed by atoms with Crippen LogP contribution in [-0.2, 0) is 13.0 Å². The van der Waals surface area contributed by atoms with Gasteiger partial charge in [0.1, 0.15) is 11.7 Å². The summed E-state index contributed by atoms with van der Waals surface area (Å²) in [5, 5.41) is 14.8. The largest absolute Gasteiger partial charge is 0.388 e. The molecule has 130 valence electrons. The van der Waals surface area contributed by atoms with Gasteiger partial charge in [-0.25, -0.2) is 4.98 Å². The molecule has 2 aromatic heterocycles. The minimum Gasteiger partial charge on any atom is -0.388 e. The lowest BCUT2D eigenvalue weighted by Gasteiger charge is -2.08. The molecule has 2 heterocycles. The predicted molar refractivity (Wildman–Crippen MR) is 91.8 cm³/mol. The SMILES string of the molecule is Cc1c(Cl)ncn(Cc2nc(C[C@H](O)c3ccc(Cl)cc3)no2)c1=O. The highest BCUT2D eigenvalue weighted by Crippen LogP contribution is 2.19. The van der Waals surface area contributed by atoms with Crippen molar-refractivity contribution >= 4 is 23.2 Å². The molecule has 0 saturated heterocycles. The second kappa shape index (κ2) is 7.35. The first-order valence-corrected chi connectivity index (χ1v) is 8.16. The Morgan fingerprint density at radius 3 is 2.72 bits per heavy atom. The molecule has 3 aromatic rings. The normalized spacial score (nSPS) is 12.3. The minimum atomic E-state index is -0.787. The molecule has 25 heavy (non-hydrogen) atoms. The number of nitrogens with zero attached hydrogens (tertiary/aromatic N) is 4. The fourth-order valence-electron chi connectivity index (χ4n) is 2.24. The van der Waals surface area contributed by atoms with Crippen LogP contribution in [-0.4, -0.2) is 24.8 Å². The molecule has 0 fully saturated rings. The Morgan fingerprint density at radius 1 is 1.28 bits per heavy atom. The van der Waals surface area contributed by atoms with Crippen LogP contribution in [0.4, 0.5) is 0 Å². The van der Waals surface area contributed by atoms with E-state index in [1.54, 1.807) is 31.2 Å². The van der Waals surface area contributed by atoms with E-state index in [1.165, 1.54) is 10.9 Å². The van der Waals surface area contributed by atoms with Crippen molar-refractivity contribution in [3.63, 3.8) is 0 Å². The maximum Gasteiger partial charge on any atom is 0.258 e. The molecule has 1 N–H and O–H groups in total. The van der Waals surface area contributed by atoms with Crippen LogP contribution in [0.15, 0.2) is 39.9 Å². The highest BCUT2D eigenvalue weighted by molar-refractivity contribution is 6.30. The first kappa shape index (κ1) is 17.6. The molecule has 0 aliphatic rings. The van der Waals surface area contributed by atoms with E-state index in [1.807, 2.05) is 0 Å². The number of halogens is 2. The van der Waals surface area contributed by atoms with Gasteiger partial charge in [-0.15, -0.1) is 0 Å². The van der Waals surface area contributed by atoms with Crippen molar-refractivity contribution in [3.8, 4) is 0 Å². The van der Waals surface area contributed by atoms with Gasteiger partial charge in [0.25, 0.3) is 5.56 Å². The summed E-state index contributed by atoms with van der Waals surface area (Å²) in [6.07, 6.45) is 0.715. The summed E-state index contributed by atoms with van der Waals surface area (Å²) in [6, 6.07) is 6.86. The maximum atomic E-state index is 12.1. The molecule has 0 radical (unpaired) electrons. The molecule has 0 bridgehead atoms. The van der Waals surface area contributed by atoms with Gasteiger partial charge in [0.15, 0.2) is 5.82 Å². The third-order valence-corrected chi connectivity index (χ3v) is 4.28. The molecule has 1 aromatic carbocycles. The lowest BCUT2D eigenvalue weighted by Crippen LogP contribution is -2.23. The van der Waals surface area contributed by atoms with Crippen LogP contribution in [0.1, 0.15) is 28.9 Å². The molecule has 3 rings (SSSR count). The van der Waals surface area contributed by atoms with E-state index in [0.717, 1.165) is 0 Å². The van der Waals surface area contributed by atoms with E-state index in [0.29, 0.717) is 22.0 Å². The van der Waals surface area contributed by atoms with Crippen molar-refractivity contribution in [1.29, 1.82) is 0 Å². The number of benzene rings is 1. The van der Waals surface area contributed by atoms with E-state index >= 15 is 0 Å². The maximum absolute atomic E-state index is 12.1. The fraction of sp³-hybridized carbons (Fsp3) is 0.250. The summed E-state index contributed by atoms with van der Waals surface area (Å²) in [5.74, 6) is 0.577. The van der Waals surface area contributed by atoms with Gasteiger partial charge < -0.3 is 9.63 Å². The zero-order chi connectivity index (χ0) is 18.0. The van der Waals surface area contributed by atoms with Gasteiger partial charge in [-0.3, -0.25) is 9.36 Å². The topological polar surface area (TPSA) is 94.0 Å². The Hall–Kier alpha value is -2.22. The Morgan fingerprint density at radius 2 is 2.00 bits per heavy atom. The number of hydrogen-bond acceptors (Lipinski definition) is 6. The van der Waals surface area contributed by atoms with Crippen molar-refractivity contribution in [2.45, 2.75) is 26.0 Å². The number of rotatable bonds is 5. The molecule has 0 amide bonds. The van der Waals surface area contributed by atoms with Crippen LogP contribution in [0.5, 0.6) is 0 Å². The zero-order valence-corrected chi connectivity index (χ0v) is 14.7. The molecular weight excluding hydrogens is 367 g/mol. The molecule has 0 aliphatic carbocycles. The van der Waals surface area contributed by atoms with E-state index in [4.69, 9.17) is 27.7 Å². The second-order valence-electron chi connectivity index (χ2n) is 5.47. The summed E-state index contributed by atoms with van der Waals surface area (Å²) in [4.78, 5) is 20.2. The summed E-state index contributed by atoms with van der Waals surface area (Å²) in [5.41, 5.74) is 0.771. The van der Waals surface area contributed by atoms with Gasteiger partial charge in [-0.1, -0.05) is 40.5 Å². The third-order valence-electron chi connectivity index (χ3n) is 3.65. The van der Waals surface area contributed by atoms with Crippen LogP contribution < -0.4 is 5.56 Å². The van der Waals surface area contributed by atoms with Gasteiger partial charge in [0.05, 0.1) is 18.0 Å². The van der Waals surface area contributed by atoms with E-state index in [9.17, 15) is 9.90 Å². The smallest absolute Gasteiger partial charge is 0.258 e. The summed E-state index contributed by atoms with van der Waals surface area (Å²) in [7, 11) is 0. The molecule has 1 atom stereocenters. The average Bonchev–Trinajstić information content (AvgIpc) is 3.03. The van der Waals surface area contributed by atoms with Crippen LogP contribution in [0.25, 0.3) is 0 Å². The Labute approximate surface area is 152 Å². The van der Waals surface area contributed by atoms with E-state index in [2.05, 4.69) is 15.1 Å². The average molecular weight is 381 g/mol. The summed E-state index contributed by atoms with van der Waals surface area (Å²) in [6.45, 7) is 1.67. The van der Waals surface area contributed by atoms with Gasteiger partial charge in [-0.2, -0.15) is 4.98 Å². The van der Waals surface area contributed by atoms with Crippen LogP contribution >= 0.6 is 23.2 Å². The second-order valence-corrected chi connectivity index (χ2v) is 6.26. The number of aliphatic hydroxyl groups is 1. The van der Waals surface area contributed by atoms with Crippen molar-refractivity contribution in [3.05, 3.63) is 74.0 Å². The highest BCUT2D eigenvalue weighted by Gasteiger charge is 2.15. The molecule has 7 nitrogen and oxygen atoms in total. The minimum absolute atomic E-state index is 0.0773. The molecule has 0 saturated carbocycles. The Kier molecular flexibility index (Phi) is 5.17. The third kappa shape index (κ3) is 4.07. The number of aromatic nitrogens is 4. The molecule has 0 spiro atoms. The van der Waals surface area contributed by atoms with Gasteiger partial charge in [-0.05, 0) is 24.6 Å². The molecule has 9 heteroatoms.